The van der Waals surface area contributed by atoms with E-state index in [0.29, 0.717) is 0 Å². The number of nitrogens with zero attached hydrogens (tertiary/aromatic N) is 1. The van der Waals surface area contributed by atoms with Crippen LogP contribution in [0.5, 0.6) is 0 Å². The lowest BCUT2D eigenvalue weighted by atomic mass is 10.1. The van der Waals surface area contributed by atoms with Crippen molar-refractivity contribution >= 4 is 5.82 Å². The van der Waals surface area contributed by atoms with Crippen LogP contribution in [0.1, 0.15) is 5.56 Å². The summed E-state index contributed by atoms with van der Waals surface area (Å²) in [5.74, 6) is 1.90. The third kappa shape index (κ3) is 1.09. The highest BCUT2D eigenvalue weighted by molar-refractivity contribution is 5.62. The van der Waals surface area contributed by atoms with Crippen molar-refractivity contribution in [3.8, 4) is 11.3 Å². The van der Waals surface area contributed by atoms with E-state index >= 15 is 0 Å². The van der Waals surface area contributed by atoms with Gasteiger partial charge in [0.2, 0.25) is 0 Å². The highest BCUT2D eigenvalue weighted by atomic mass is 16.3. The zero-order chi connectivity index (χ0) is 9.38. The second-order valence-corrected chi connectivity index (χ2v) is 3.39. The summed E-state index contributed by atoms with van der Waals surface area (Å²) in [4.78, 5) is 4.34. The third-order valence-electron chi connectivity index (χ3n) is 2.46. The normalized spacial score (nSPS) is 13.7. The van der Waals surface area contributed by atoms with Crippen LogP contribution in [0.25, 0.3) is 11.3 Å². The van der Waals surface area contributed by atoms with E-state index in [1.807, 2.05) is 18.3 Å². The van der Waals surface area contributed by atoms with Crippen LogP contribution in [-0.2, 0) is 6.42 Å². The van der Waals surface area contributed by atoms with Crippen molar-refractivity contribution < 1.29 is 4.42 Å². The van der Waals surface area contributed by atoms with Crippen LogP contribution in [0.15, 0.2) is 35.1 Å². The average Bonchev–Trinajstić information content (AvgIpc) is 2.88. The lowest BCUT2D eigenvalue weighted by molar-refractivity contribution is 0.582. The van der Waals surface area contributed by atoms with E-state index < -0.39 is 0 Å². The van der Waals surface area contributed by atoms with Gasteiger partial charge < -0.3 is 9.73 Å². The standard InChI is InChI=1S/C11H10N2O/c1-2-10(14-5-1)9-6-8-3-4-12-11(8)13-7-9/h1-2,5-7H,3-4H2,(H,12,13). The minimum Gasteiger partial charge on any atom is -0.464 e. The van der Waals surface area contributed by atoms with Crippen LogP contribution in [-0.4, -0.2) is 11.5 Å². The van der Waals surface area contributed by atoms with E-state index in [0.717, 1.165) is 30.1 Å². The highest BCUT2D eigenvalue weighted by Crippen LogP contribution is 2.26. The minimum absolute atomic E-state index is 0.882. The molecule has 0 radical (unpaired) electrons. The Hall–Kier alpha value is -1.77. The first-order valence-corrected chi connectivity index (χ1v) is 4.70. The van der Waals surface area contributed by atoms with Crippen molar-refractivity contribution in [2.45, 2.75) is 6.42 Å². The molecular weight excluding hydrogens is 176 g/mol. The van der Waals surface area contributed by atoms with Crippen molar-refractivity contribution in [3.05, 3.63) is 36.2 Å². The van der Waals surface area contributed by atoms with Gasteiger partial charge in [-0.1, -0.05) is 0 Å². The molecular formula is C11H10N2O. The summed E-state index contributed by atoms with van der Waals surface area (Å²) in [6.07, 6.45) is 4.58. The van der Waals surface area contributed by atoms with Crippen molar-refractivity contribution in [3.63, 3.8) is 0 Å². The van der Waals surface area contributed by atoms with Gasteiger partial charge in [0.05, 0.1) is 6.26 Å². The van der Waals surface area contributed by atoms with E-state index in [-0.39, 0.29) is 0 Å². The van der Waals surface area contributed by atoms with Crippen LogP contribution < -0.4 is 5.32 Å². The number of furan rings is 1. The lowest BCUT2D eigenvalue weighted by Crippen LogP contribution is -1.92. The van der Waals surface area contributed by atoms with Gasteiger partial charge in [-0.3, -0.25) is 0 Å². The van der Waals surface area contributed by atoms with Crippen LogP contribution >= 0.6 is 0 Å². The molecule has 0 saturated carbocycles. The van der Waals surface area contributed by atoms with Gasteiger partial charge in [0.25, 0.3) is 0 Å². The smallest absolute Gasteiger partial charge is 0.135 e. The summed E-state index contributed by atoms with van der Waals surface area (Å²) >= 11 is 0. The zero-order valence-corrected chi connectivity index (χ0v) is 7.66. The minimum atomic E-state index is 0.882. The van der Waals surface area contributed by atoms with Gasteiger partial charge in [0.1, 0.15) is 11.6 Å². The first-order valence-electron chi connectivity index (χ1n) is 4.70. The second kappa shape index (κ2) is 2.87. The van der Waals surface area contributed by atoms with E-state index in [4.69, 9.17) is 4.42 Å². The lowest BCUT2D eigenvalue weighted by Gasteiger charge is -2.00. The van der Waals surface area contributed by atoms with E-state index in [2.05, 4.69) is 16.4 Å². The van der Waals surface area contributed by atoms with Crippen molar-refractivity contribution in [1.29, 1.82) is 0 Å². The van der Waals surface area contributed by atoms with Crippen LogP contribution in [0, 0.1) is 0 Å². The molecule has 0 unspecified atom stereocenters. The monoisotopic (exact) mass is 186 g/mol. The molecule has 0 atom stereocenters. The molecule has 70 valence electrons. The van der Waals surface area contributed by atoms with E-state index in [1.165, 1.54) is 5.56 Å². The summed E-state index contributed by atoms with van der Waals surface area (Å²) in [6.45, 7) is 0.990. The fourth-order valence-corrected chi connectivity index (χ4v) is 1.75. The molecule has 3 nitrogen and oxygen atoms in total. The molecule has 0 amide bonds. The Bertz CT molecular complexity index is 448. The molecule has 1 aliphatic rings. The molecule has 0 aliphatic carbocycles. The number of fused-ring (bicyclic) bond motifs is 1. The molecule has 1 N–H and O–H groups in total. The van der Waals surface area contributed by atoms with Crippen LogP contribution in [0.2, 0.25) is 0 Å². The topological polar surface area (TPSA) is 38.1 Å². The molecule has 3 heterocycles. The molecule has 0 spiro atoms. The van der Waals surface area contributed by atoms with E-state index in [9.17, 15) is 0 Å². The molecule has 3 rings (SSSR count). The van der Waals surface area contributed by atoms with Gasteiger partial charge in [-0.15, -0.1) is 0 Å². The second-order valence-electron chi connectivity index (χ2n) is 3.39. The fourth-order valence-electron chi connectivity index (χ4n) is 1.75. The molecule has 0 bridgehead atoms. The summed E-state index contributed by atoms with van der Waals surface area (Å²) in [5, 5.41) is 3.23. The Morgan fingerprint density at radius 1 is 1.43 bits per heavy atom. The molecule has 2 aromatic heterocycles. The maximum Gasteiger partial charge on any atom is 0.135 e. The maximum atomic E-state index is 5.32. The Labute approximate surface area is 81.8 Å². The summed E-state index contributed by atoms with van der Waals surface area (Å²) in [5.41, 5.74) is 2.33. The number of anilines is 1. The van der Waals surface area contributed by atoms with Gasteiger partial charge in [-0.2, -0.15) is 0 Å². The quantitative estimate of drug-likeness (QED) is 0.742. The van der Waals surface area contributed by atoms with E-state index in [1.54, 1.807) is 6.26 Å². The third-order valence-corrected chi connectivity index (χ3v) is 2.46. The predicted octanol–water partition coefficient (Wildman–Crippen LogP) is 2.31. The van der Waals surface area contributed by atoms with Crippen molar-refractivity contribution in [2.75, 3.05) is 11.9 Å². The number of nitrogens with one attached hydrogen (secondary N) is 1. The summed E-state index contributed by atoms with van der Waals surface area (Å²) in [6, 6.07) is 5.98. The number of hydrogen-bond acceptors (Lipinski definition) is 3. The Balaban J connectivity index is 2.09. The van der Waals surface area contributed by atoms with Gasteiger partial charge in [0, 0.05) is 18.3 Å². The summed E-state index contributed by atoms with van der Waals surface area (Å²) in [7, 11) is 0. The fraction of sp³-hybridized carbons (Fsp3) is 0.182. The highest BCUT2D eigenvalue weighted by Gasteiger charge is 2.12. The molecule has 0 aromatic carbocycles. The molecule has 0 saturated heterocycles. The number of aromatic nitrogens is 1. The van der Waals surface area contributed by atoms with Crippen molar-refractivity contribution in [2.24, 2.45) is 0 Å². The maximum absolute atomic E-state index is 5.32. The number of rotatable bonds is 1. The van der Waals surface area contributed by atoms with Gasteiger partial charge in [0.15, 0.2) is 0 Å². The van der Waals surface area contributed by atoms with Crippen LogP contribution in [0.3, 0.4) is 0 Å². The summed E-state index contributed by atoms with van der Waals surface area (Å²) < 4.78 is 5.32. The van der Waals surface area contributed by atoms with Gasteiger partial charge in [-0.05, 0) is 30.2 Å². The average molecular weight is 186 g/mol. The molecule has 0 fully saturated rings. The molecule has 2 aromatic rings. The van der Waals surface area contributed by atoms with Gasteiger partial charge in [-0.25, -0.2) is 4.98 Å². The number of pyridine rings is 1. The van der Waals surface area contributed by atoms with Crippen molar-refractivity contribution in [1.82, 2.24) is 4.98 Å². The Kier molecular flexibility index (Phi) is 1.56. The number of hydrogen-bond donors (Lipinski definition) is 1. The molecule has 1 aliphatic heterocycles. The largest absolute Gasteiger partial charge is 0.464 e. The SMILES string of the molecule is c1coc(-c2cnc3c(c2)CCN3)c1. The Morgan fingerprint density at radius 3 is 3.29 bits per heavy atom. The predicted molar refractivity (Wildman–Crippen MR) is 54.1 cm³/mol. The van der Waals surface area contributed by atoms with Gasteiger partial charge >= 0.3 is 0 Å². The zero-order valence-electron chi connectivity index (χ0n) is 7.66. The Morgan fingerprint density at radius 2 is 2.43 bits per heavy atom. The first-order chi connectivity index (χ1) is 6.93. The molecule has 14 heavy (non-hydrogen) atoms. The first kappa shape index (κ1) is 7.62. The molecule has 3 heteroatoms. The van der Waals surface area contributed by atoms with Crippen LogP contribution in [0.4, 0.5) is 5.82 Å².